The van der Waals surface area contributed by atoms with Crippen molar-refractivity contribution in [2.45, 2.75) is 32.1 Å². The van der Waals surface area contributed by atoms with E-state index < -0.39 is 0 Å². The zero-order chi connectivity index (χ0) is 16.2. The smallest absolute Gasteiger partial charge is 0.275 e. The molecule has 1 aromatic rings. The predicted molar refractivity (Wildman–Crippen MR) is 89.7 cm³/mol. The first-order chi connectivity index (χ1) is 11.2. The predicted octanol–water partition coefficient (Wildman–Crippen LogP) is 3.15. The Morgan fingerprint density at radius 1 is 1.09 bits per heavy atom. The van der Waals surface area contributed by atoms with Gasteiger partial charge in [0.15, 0.2) is 0 Å². The van der Waals surface area contributed by atoms with Crippen LogP contribution in [0.1, 0.15) is 37.7 Å². The molecule has 0 saturated heterocycles. The molecule has 1 fully saturated rings. The minimum atomic E-state index is -0.132. The number of nitrogens with zero attached hydrogens (tertiary/aromatic N) is 1. The minimum absolute atomic E-state index is 0.132. The summed E-state index contributed by atoms with van der Waals surface area (Å²) < 4.78 is 10.5. The highest BCUT2D eigenvalue weighted by molar-refractivity contribution is 6.15. The summed E-state index contributed by atoms with van der Waals surface area (Å²) in [6.07, 6.45) is 7.70. The Morgan fingerprint density at radius 3 is 2.35 bits per heavy atom. The van der Waals surface area contributed by atoms with Crippen LogP contribution in [-0.2, 0) is 4.79 Å². The van der Waals surface area contributed by atoms with Gasteiger partial charge >= 0.3 is 0 Å². The second kappa shape index (κ2) is 6.86. The molecule has 2 aliphatic rings. The fraction of sp³-hybridized carbons (Fsp3) is 0.444. The molecule has 3 rings (SSSR count). The number of aliphatic imine (C=N–C) groups is 1. The third-order valence-electron chi connectivity index (χ3n) is 4.38. The number of rotatable bonds is 4. The highest BCUT2D eigenvalue weighted by Gasteiger charge is 2.27. The quantitative estimate of drug-likeness (QED) is 0.869. The third-order valence-corrected chi connectivity index (χ3v) is 4.38. The molecule has 1 aliphatic carbocycles. The molecule has 1 aromatic carbocycles. The number of ether oxygens (including phenoxy) is 2. The molecule has 0 radical (unpaired) electrons. The zero-order valence-corrected chi connectivity index (χ0v) is 13.6. The average Bonchev–Trinajstić information content (AvgIpc) is 2.96. The Kier molecular flexibility index (Phi) is 4.65. The van der Waals surface area contributed by atoms with E-state index in [4.69, 9.17) is 9.47 Å². The fourth-order valence-corrected chi connectivity index (χ4v) is 3.13. The first-order valence-corrected chi connectivity index (χ1v) is 8.04. The van der Waals surface area contributed by atoms with Crippen LogP contribution < -0.4 is 14.8 Å². The molecule has 1 saturated carbocycles. The summed E-state index contributed by atoms with van der Waals surface area (Å²) in [5.74, 6) is 2.46. The number of amides is 1. The van der Waals surface area contributed by atoms with Gasteiger partial charge in [-0.2, -0.15) is 0 Å². The second-order valence-corrected chi connectivity index (χ2v) is 5.96. The van der Waals surface area contributed by atoms with Crippen LogP contribution in [0, 0.1) is 5.92 Å². The maximum absolute atomic E-state index is 12.2. The minimum Gasteiger partial charge on any atom is -0.497 e. The molecule has 0 spiro atoms. The molecular weight excluding hydrogens is 292 g/mol. The molecule has 0 aromatic heterocycles. The Morgan fingerprint density at radius 2 is 1.74 bits per heavy atom. The lowest BCUT2D eigenvalue weighted by molar-refractivity contribution is -0.115. The van der Waals surface area contributed by atoms with Crippen LogP contribution in [0.2, 0.25) is 0 Å². The van der Waals surface area contributed by atoms with Crippen molar-refractivity contribution in [3.63, 3.8) is 0 Å². The standard InChI is InChI=1S/C18H22N2O3/c1-22-14-8-12(9-15(11-14)23-2)10-16-18(21)20-17(19-16)13-6-4-3-5-7-13/h8-11,13H,3-7H2,1-2H3,(H,19,20,21)/b16-10+. The Hall–Kier alpha value is -2.30. The molecule has 1 heterocycles. The van der Waals surface area contributed by atoms with E-state index in [0.717, 1.165) is 24.2 Å². The fourth-order valence-electron chi connectivity index (χ4n) is 3.13. The van der Waals surface area contributed by atoms with Crippen LogP contribution in [0.5, 0.6) is 11.5 Å². The van der Waals surface area contributed by atoms with E-state index in [2.05, 4.69) is 10.3 Å². The molecule has 5 nitrogen and oxygen atoms in total. The van der Waals surface area contributed by atoms with E-state index in [1.807, 2.05) is 12.1 Å². The number of methoxy groups -OCH3 is 2. The van der Waals surface area contributed by atoms with Crippen LogP contribution >= 0.6 is 0 Å². The van der Waals surface area contributed by atoms with Gasteiger partial charge < -0.3 is 14.8 Å². The first kappa shape index (κ1) is 15.6. The molecule has 5 heteroatoms. The molecule has 1 amide bonds. The number of amidine groups is 1. The molecule has 1 aliphatic heterocycles. The summed E-state index contributed by atoms with van der Waals surface area (Å²) in [5, 5.41) is 2.93. The van der Waals surface area contributed by atoms with Gasteiger partial charge in [-0.25, -0.2) is 4.99 Å². The number of carbonyl (C=O) groups excluding carboxylic acids is 1. The van der Waals surface area contributed by atoms with Crippen molar-refractivity contribution in [1.82, 2.24) is 5.32 Å². The summed E-state index contributed by atoms with van der Waals surface area (Å²) in [7, 11) is 3.21. The van der Waals surface area contributed by atoms with Gasteiger partial charge in [-0.1, -0.05) is 19.3 Å². The number of hydrogen-bond donors (Lipinski definition) is 1. The van der Waals surface area contributed by atoms with Crippen molar-refractivity contribution >= 4 is 17.8 Å². The van der Waals surface area contributed by atoms with Crippen molar-refractivity contribution in [2.75, 3.05) is 14.2 Å². The van der Waals surface area contributed by atoms with E-state index in [1.54, 1.807) is 26.4 Å². The van der Waals surface area contributed by atoms with Gasteiger partial charge in [-0.15, -0.1) is 0 Å². The second-order valence-electron chi connectivity index (χ2n) is 5.96. The molecule has 0 atom stereocenters. The Balaban J connectivity index is 1.86. The van der Waals surface area contributed by atoms with Gasteiger partial charge in [-0.3, -0.25) is 4.79 Å². The van der Waals surface area contributed by atoms with Gasteiger partial charge in [0.25, 0.3) is 5.91 Å². The van der Waals surface area contributed by atoms with Crippen LogP contribution in [-0.4, -0.2) is 26.0 Å². The topological polar surface area (TPSA) is 59.9 Å². The van der Waals surface area contributed by atoms with Crippen molar-refractivity contribution in [2.24, 2.45) is 10.9 Å². The van der Waals surface area contributed by atoms with E-state index in [0.29, 0.717) is 23.1 Å². The van der Waals surface area contributed by atoms with Gasteiger partial charge in [0.1, 0.15) is 23.0 Å². The highest BCUT2D eigenvalue weighted by Crippen LogP contribution is 2.28. The Labute approximate surface area is 136 Å². The summed E-state index contributed by atoms with van der Waals surface area (Å²) in [4.78, 5) is 16.7. The maximum atomic E-state index is 12.2. The number of nitrogens with one attached hydrogen (secondary N) is 1. The Bertz CT molecular complexity index is 636. The first-order valence-electron chi connectivity index (χ1n) is 8.04. The lowest BCUT2D eigenvalue weighted by atomic mass is 9.88. The number of hydrogen-bond acceptors (Lipinski definition) is 4. The molecule has 122 valence electrons. The third kappa shape index (κ3) is 3.55. The largest absolute Gasteiger partial charge is 0.497 e. The lowest BCUT2D eigenvalue weighted by Crippen LogP contribution is -2.31. The van der Waals surface area contributed by atoms with Crippen LogP contribution in [0.25, 0.3) is 6.08 Å². The van der Waals surface area contributed by atoms with Crippen molar-refractivity contribution in [3.8, 4) is 11.5 Å². The van der Waals surface area contributed by atoms with Crippen molar-refractivity contribution in [3.05, 3.63) is 29.5 Å². The SMILES string of the molecule is COc1cc(/C=C2/N=C(C3CCCCC3)NC2=O)cc(OC)c1. The lowest BCUT2D eigenvalue weighted by Gasteiger charge is -2.20. The van der Waals surface area contributed by atoms with Gasteiger partial charge in [0, 0.05) is 12.0 Å². The van der Waals surface area contributed by atoms with Crippen molar-refractivity contribution in [1.29, 1.82) is 0 Å². The van der Waals surface area contributed by atoms with E-state index in [9.17, 15) is 4.79 Å². The maximum Gasteiger partial charge on any atom is 0.275 e. The summed E-state index contributed by atoms with van der Waals surface area (Å²) >= 11 is 0. The monoisotopic (exact) mass is 314 g/mol. The van der Waals surface area contributed by atoms with Gasteiger partial charge in [0.2, 0.25) is 0 Å². The summed E-state index contributed by atoms with van der Waals surface area (Å²) in [5.41, 5.74) is 1.28. The number of carbonyl (C=O) groups is 1. The normalized spacial score (nSPS) is 20.3. The summed E-state index contributed by atoms with van der Waals surface area (Å²) in [6.45, 7) is 0. The van der Waals surface area contributed by atoms with E-state index in [1.165, 1.54) is 19.3 Å². The number of benzene rings is 1. The van der Waals surface area contributed by atoms with Gasteiger partial charge in [-0.05, 0) is 36.6 Å². The zero-order valence-electron chi connectivity index (χ0n) is 13.6. The molecular formula is C18H22N2O3. The molecule has 1 N–H and O–H groups in total. The molecule has 0 bridgehead atoms. The average molecular weight is 314 g/mol. The van der Waals surface area contributed by atoms with E-state index >= 15 is 0 Å². The highest BCUT2D eigenvalue weighted by atomic mass is 16.5. The van der Waals surface area contributed by atoms with Crippen LogP contribution in [0.3, 0.4) is 0 Å². The van der Waals surface area contributed by atoms with E-state index in [-0.39, 0.29) is 5.91 Å². The molecule has 23 heavy (non-hydrogen) atoms. The van der Waals surface area contributed by atoms with Gasteiger partial charge in [0.05, 0.1) is 14.2 Å². The van der Waals surface area contributed by atoms with Crippen LogP contribution in [0.4, 0.5) is 0 Å². The molecule has 0 unspecified atom stereocenters. The van der Waals surface area contributed by atoms with Crippen molar-refractivity contribution < 1.29 is 14.3 Å². The van der Waals surface area contributed by atoms with Crippen LogP contribution in [0.15, 0.2) is 28.9 Å². The summed E-state index contributed by atoms with van der Waals surface area (Å²) in [6, 6.07) is 5.52.